The van der Waals surface area contributed by atoms with Crippen molar-refractivity contribution >= 4 is 22.6 Å². The fourth-order valence-electron chi connectivity index (χ4n) is 1.34. The molecular weight excluding hydrogens is 228 g/mol. The third-order valence-corrected chi connectivity index (χ3v) is 2.43. The zero-order chi connectivity index (χ0) is 11.7. The summed E-state index contributed by atoms with van der Waals surface area (Å²) in [4.78, 5) is 8.51. The van der Waals surface area contributed by atoms with E-state index in [1.54, 1.807) is 10.9 Å². The largest absolute Gasteiger partial charge is 0.371 e. The molecule has 0 atom stereocenters. The molecule has 0 fully saturated rings. The van der Waals surface area contributed by atoms with Crippen LogP contribution in [0.4, 0.5) is 0 Å². The smallest absolute Gasteiger partial charge is 0.162 e. The number of fused-ring (bicyclic) bond motifs is 1. The molecule has 2 aromatic rings. The summed E-state index contributed by atoms with van der Waals surface area (Å²) in [7, 11) is 1.82. The molecule has 0 aliphatic carbocycles. The Morgan fingerprint density at radius 1 is 1.44 bits per heavy atom. The molecule has 5 nitrogen and oxygen atoms in total. The lowest BCUT2D eigenvalue weighted by Gasteiger charge is -2.06. The molecule has 16 heavy (non-hydrogen) atoms. The van der Waals surface area contributed by atoms with Crippen LogP contribution in [0.25, 0.3) is 11.0 Å². The van der Waals surface area contributed by atoms with Crippen molar-refractivity contribution in [3.63, 3.8) is 0 Å². The Bertz CT molecular complexity index is 509. The van der Waals surface area contributed by atoms with Crippen molar-refractivity contribution in [1.82, 2.24) is 19.7 Å². The summed E-state index contributed by atoms with van der Waals surface area (Å²) in [6, 6.07) is 0. The highest BCUT2D eigenvalue weighted by Gasteiger charge is 2.10. The number of ether oxygens (including phenoxy) is 1. The number of aryl methyl sites for hydroxylation is 1. The fourth-order valence-corrected chi connectivity index (χ4v) is 1.57. The Kier molecular flexibility index (Phi) is 3.07. The first kappa shape index (κ1) is 11.3. The van der Waals surface area contributed by atoms with Crippen LogP contribution in [-0.2, 0) is 18.4 Å². The van der Waals surface area contributed by atoms with Gasteiger partial charge in [-0.15, -0.1) is 0 Å². The molecule has 6 heteroatoms. The Labute approximate surface area is 98.4 Å². The van der Waals surface area contributed by atoms with Gasteiger partial charge in [0.15, 0.2) is 11.5 Å². The normalized spacial score (nSPS) is 11.6. The van der Waals surface area contributed by atoms with Crippen molar-refractivity contribution in [3.8, 4) is 0 Å². The summed E-state index contributed by atoms with van der Waals surface area (Å²) in [5.74, 6) is 0.579. The molecule has 0 radical (unpaired) electrons. The topological polar surface area (TPSA) is 52.8 Å². The highest BCUT2D eigenvalue weighted by Crippen LogP contribution is 2.19. The van der Waals surface area contributed by atoms with E-state index < -0.39 is 0 Å². The summed E-state index contributed by atoms with van der Waals surface area (Å²) in [6.07, 6.45) is 1.80. The summed E-state index contributed by atoms with van der Waals surface area (Å²) in [5, 5.41) is 5.26. The molecule has 0 aliphatic rings. The van der Waals surface area contributed by atoms with Crippen LogP contribution in [-0.4, -0.2) is 25.9 Å². The van der Waals surface area contributed by atoms with Crippen LogP contribution in [0.15, 0.2) is 6.20 Å². The lowest BCUT2D eigenvalue weighted by molar-refractivity contribution is 0.0614. The first-order chi connectivity index (χ1) is 7.58. The Hall–Kier alpha value is -1.20. The van der Waals surface area contributed by atoms with E-state index in [4.69, 9.17) is 16.3 Å². The van der Waals surface area contributed by atoms with Crippen molar-refractivity contribution in [2.75, 3.05) is 0 Å². The maximum absolute atomic E-state index is 6.03. The van der Waals surface area contributed by atoms with Crippen LogP contribution >= 0.6 is 11.6 Å². The lowest BCUT2D eigenvalue weighted by Crippen LogP contribution is -2.06. The van der Waals surface area contributed by atoms with Crippen LogP contribution in [0.2, 0.25) is 5.15 Å². The van der Waals surface area contributed by atoms with E-state index in [0.29, 0.717) is 17.6 Å². The van der Waals surface area contributed by atoms with Crippen LogP contribution in [0, 0.1) is 0 Å². The molecule has 0 aromatic carbocycles. The minimum atomic E-state index is 0.143. The first-order valence-electron chi connectivity index (χ1n) is 5.03. The first-order valence-corrected chi connectivity index (χ1v) is 5.41. The average Bonchev–Trinajstić information content (AvgIpc) is 2.58. The molecule has 0 saturated carbocycles. The van der Waals surface area contributed by atoms with Crippen molar-refractivity contribution in [3.05, 3.63) is 17.2 Å². The molecule has 0 N–H and O–H groups in total. The molecule has 86 valence electrons. The molecular formula is C10H13ClN4O. The number of aromatic nitrogens is 4. The monoisotopic (exact) mass is 240 g/mol. The molecule has 0 unspecified atom stereocenters. The van der Waals surface area contributed by atoms with Gasteiger partial charge in [-0.1, -0.05) is 11.6 Å². The molecule has 0 saturated heterocycles. The SMILES string of the molecule is CC(C)OCc1nc(Cl)c2cnn(C)c2n1. The Balaban J connectivity index is 2.36. The van der Waals surface area contributed by atoms with Crippen molar-refractivity contribution in [2.45, 2.75) is 26.6 Å². The van der Waals surface area contributed by atoms with E-state index in [1.807, 2.05) is 20.9 Å². The summed E-state index contributed by atoms with van der Waals surface area (Å²) < 4.78 is 7.10. The van der Waals surface area contributed by atoms with Crippen molar-refractivity contribution in [1.29, 1.82) is 0 Å². The van der Waals surface area contributed by atoms with E-state index in [2.05, 4.69) is 15.1 Å². The summed E-state index contributed by atoms with van der Waals surface area (Å²) in [5.41, 5.74) is 0.724. The zero-order valence-electron chi connectivity index (χ0n) is 9.44. The molecule has 2 heterocycles. The van der Waals surface area contributed by atoms with E-state index in [-0.39, 0.29) is 6.10 Å². The van der Waals surface area contributed by atoms with Gasteiger partial charge < -0.3 is 4.74 Å². The lowest BCUT2D eigenvalue weighted by atomic mass is 10.4. The number of hydrogen-bond donors (Lipinski definition) is 0. The quantitative estimate of drug-likeness (QED) is 0.770. The Morgan fingerprint density at radius 2 is 2.19 bits per heavy atom. The number of rotatable bonds is 3. The average molecular weight is 241 g/mol. The van der Waals surface area contributed by atoms with Crippen molar-refractivity contribution in [2.24, 2.45) is 7.05 Å². The molecule has 0 amide bonds. The van der Waals surface area contributed by atoms with Gasteiger partial charge in [0.25, 0.3) is 0 Å². The van der Waals surface area contributed by atoms with Gasteiger partial charge in [0.2, 0.25) is 0 Å². The summed E-state index contributed by atoms with van der Waals surface area (Å²) >= 11 is 6.03. The standard InChI is InChI=1S/C10H13ClN4O/c1-6(2)16-5-8-13-9(11)7-4-12-15(3)10(7)14-8/h4,6H,5H2,1-3H3. The fraction of sp³-hybridized carbons (Fsp3) is 0.500. The minimum Gasteiger partial charge on any atom is -0.371 e. The van der Waals surface area contributed by atoms with Gasteiger partial charge in [-0.25, -0.2) is 9.97 Å². The zero-order valence-corrected chi connectivity index (χ0v) is 10.2. The maximum Gasteiger partial charge on any atom is 0.162 e. The van der Waals surface area contributed by atoms with Gasteiger partial charge in [-0.3, -0.25) is 4.68 Å². The summed E-state index contributed by atoms with van der Waals surface area (Å²) in [6.45, 7) is 4.28. The molecule has 0 bridgehead atoms. The van der Waals surface area contributed by atoms with Crippen molar-refractivity contribution < 1.29 is 4.74 Å². The number of hydrogen-bond acceptors (Lipinski definition) is 4. The van der Waals surface area contributed by atoms with E-state index in [0.717, 1.165) is 11.0 Å². The van der Waals surface area contributed by atoms with E-state index in [1.165, 1.54) is 0 Å². The van der Waals surface area contributed by atoms with Gasteiger partial charge in [0.05, 0.1) is 17.7 Å². The van der Waals surface area contributed by atoms with Gasteiger partial charge in [0, 0.05) is 7.05 Å². The second-order valence-corrected chi connectivity index (χ2v) is 4.15. The highest BCUT2D eigenvalue weighted by atomic mass is 35.5. The van der Waals surface area contributed by atoms with Gasteiger partial charge in [-0.05, 0) is 13.8 Å². The maximum atomic E-state index is 6.03. The predicted octanol–water partition coefficient (Wildman–Crippen LogP) is 1.94. The van der Waals surface area contributed by atoms with E-state index in [9.17, 15) is 0 Å². The van der Waals surface area contributed by atoms with E-state index >= 15 is 0 Å². The third-order valence-electron chi connectivity index (χ3n) is 2.14. The second kappa shape index (κ2) is 4.35. The van der Waals surface area contributed by atoms with Gasteiger partial charge >= 0.3 is 0 Å². The Morgan fingerprint density at radius 3 is 2.88 bits per heavy atom. The second-order valence-electron chi connectivity index (χ2n) is 3.80. The van der Waals surface area contributed by atoms with Gasteiger partial charge in [0.1, 0.15) is 11.8 Å². The van der Waals surface area contributed by atoms with Crippen LogP contribution in [0.1, 0.15) is 19.7 Å². The molecule has 2 aromatic heterocycles. The highest BCUT2D eigenvalue weighted by molar-refractivity contribution is 6.33. The molecule has 0 spiro atoms. The molecule has 0 aliphatic heterocycles. The predicted molar refractivity (Wildman–Crippen MR) is 61.2 cm³/mol. The van der Waals surface area contributed by atoms with Crippen LogP contribution in [0.5, 0.6) is 0 Å². The third kappa shape index (κ3) is 2.15. The van der Waals surface area contributed by atoms with Crippen LogP contribution in [0.3, 0.4) is 0 Å². The van der Waals surface area contributed by atoms with Crippen LogP contribution < -0.4 is 0 Å². The number of nitrogens with zero attached hydrogens (tertiary/aromatic N) is 4. The minimum absolute atomic E-state index is 0.143. The number of halogens is 1. The van der Waals surface area contributed by atoms with Gasteiger partial charge in [-0.2, -0.15) is 5.10 Å². The molecule has 2 rings (SSSR count).